The van der Waals surface area contributed by atoms with E-state index in [1.807, 2.05) is 0 Å². The van der Waals surface area contributed by atoms with Crippen LogP contribution in [0.2, 0.25) is 0 Å². The zero-order valence-corrected chi connectivity index (χ0v) is 12.4. The fraction of sp³-hybridized carbons (Fsp3) is 0.200. The third kappa shape index (κ3) is 3.73. The Labute approximate surface area is 130 Å². The van der Waals surface area contributed by atoms with Crippen LogP contribution in [0.3, 0.4) is 0 Å². The number of carbonyl (C=O) groups excluding carboxylic acids is 2. The molecule has 0 heterocycles. The number of carboxylic acids is 2. The largest absolute Gasteiger partial charge is 0.478 e. The SMILES string of the molecule is C=CC(=O)Oc1cc(C(=O)O)c(C(=O)O)c(C(=O)OCC)c1C. The lowest BCUT2D eigenvalue weighted by Gasteiger charge is -2.15. The van der Waals surface area contributed by atoms with Crippen LogP contribution >= 0.6 is 0 Å². The molecule has 23 heavy (non-hydrogen) atoms. The summed E-state index contributed by atoms with van der Waals surface area (Å²) < 4.78 is 9.63. The highest BCUT2D eigenvalue weighted by atomic mass is 16.5. The van der Waals surface area contributed by atoms with E-state index in [9.17, 15) is 29.4 Å². The highest BCUT2D eigenvalue weighted by molar-refractivity contribution is 6.11. The van der Waals surface area contributed by atoms with Crippen molar-refractivity contribution in [1.29, 1.82) is 0 Å². The van der Waals surface area contributed by atoms with Gasteiger partial charge in [0.1, 0.15) is 5.75 Å². The molecule has 0 aliphatic heterocycles. The van der Waals surface area contributed by atoms with E-state index in [2.05, 4.69) is 6.58 Å². The van der Waals surface area contributed by atoms with Crippen molar-refractivity contribution in [3.8, 4) is 5.75 Å². The third-order valence-corrected chi connectivity index (χ3v) is 2.84. The lowest BCUT2D eigenvalue weighted by atomic mass is 9.95. The van der Waals surface area contributed by atoms with Crippen LogP contribution < -0.4 is 4.74 Å². The summed E-state index contributed by atoms with van der Waals surface area (Å²) in [6.07, 6.45) is 0.842. The molecule has 2 N–H and O–H groups in total. The second kappa shape index (κ2) is 7.21. The fourth-order valence-corrected chi connectivity index (χ4v) is 1.86. The van der Waals surface area contributed by atoms with Gasteiger partial charge in [-0.05, 0) is 19.9 Å². The Kier molecular flexibility index (Phi) is 5.61. The molecule has 0 bridgehead atoms. The van der Waals surface area contributed by atoms with Gasteiger partial charge in [0.15, 0.2) is 0 Å². The number of benzene rings is 1. The maximum Gasteiger partial charge on any atom is 0.339 e. The molecule has 0 fully saturated rings. The molecule has 8 nitrogen and oxygen atoms in total. The molecule has 0 aliphatic carbocycles. The minimum atomic E-state index is -1.62. The van der Waals surface area contributed by atoms with Crippen LogP contribution in [-0.2, 0) is 9.53 Å². The highest BCUT2D eigenvalue weighted by Crippen LogP contribution is 2.30. The second-order valence-electron chi connectivity index (χ2n) is 4.25. The van der Waals surface area contributed by atoms with Gasteiger partial charge in [0.2, 0.25) is 0 Å². The third-order valence-electron chi connectivity index (χ3n) is 2.84. The molecule has 0 spiro atoms. The molecule has 0 saturated heterocycles. The van der Waals surface area contributed by atoms with E-state index >= 15 is 0 Å². The summed E-state index contributed by atoms with van der Waals surface area (Å²) in [5.41, 5.74) is -1.93. The van der Waals surface area contributed by atoms with Crippen LogP contribution in [0, 0.1) is 6.92 Å². The summed E-state index contributed by atoms with van der Waals surface area (Å²) in [6.45, 7) is 5.98. The Hall–Kier alpha value is -3.16. The van der Waals surface area contributed by atoms with Crippen LogP contribution in [0.25, 0.3) is 0 Å². The molecular formula is C15H14O8. The summed E-state index contributed by atoms with van der Waals surface area (Å²) in [7, 11) is 0. The normalized spacial score (nSPS) is 9.83. The molecule has 1 rings (SSSR count). The maximum absolute atomic E-state index is 12.0. The van der Waals surface area contributed by atoms with Gasteiger partial charge in [-0.15, -0.1) is 0 Å². The van der Waals surface area contributed by atoms with Crippen LogP contribution in [0.5, 0.6) is 5.75 Å². The second-order valence-corrected chi connectivity index (χ2v) is 4.25. The molecule has 0 aliphatic rings. The van der Waals surface area contributed by atoms with Gasteiger partial charge in [-0.25, -0.2) is 19.2 Å². The van der Waals surface area contributed by atoms with Gasteiger partial charge in [0, 0.05) is 11.6 Å². The van der Waals surface area contributed by atoms with E-state index in [4.69, 9.17) is 9.47 Å². The number of hydrogen-bond acceptors (Lipinski definition) is 6. The minimum Gasteiger partial charge on any atom is -0.478 e. The predicted molar refractivity (Wildman–Crippen MR) is 76.9 cm³/mol. The number of hydrogen-bond donors (Lipinski definition) is 2. The van der Waals surface area contributed by atoms with Crippen molar-refractivity contribution in [2.24, 2.45) is 0 Å². The van der Waals surface area contributed by atoms with Gasteiger partial charge in [0.05, 0.1) is 23.3 Å². The molecule has 1 aromatic carbocycles. The van der Waals surface area contributed by atoms with Gasteiger partial charge in [-0.3, -0.25) is 0 Å². The summed E-state index contributed by atoms with van der Waals surface area (Å²) >= 11 is 0. The van der Waals surface area contributed by atoms with E-state index in [1.165, 1.54) is 13.8 Å². The summed E-state index contributed by atoms with van der Waals surface area (Å²) in [5, 5.41) is 18.4. The van der Waals surface area contributed by atoms with E-state index < -0.39 is 40.6 Å². The standard InChI is InChI=1S/C15H14O8/c1-4-10(16)23-9-6-8(13(17)18)12(14(19)20)11(7(9)3)15(21)22-5-2/h4,6H,1,5H2,2-3H3,(H,17,18)(H,19,20). The Balaban J connectivity index is 3.75. The fourth-order valence-electron chi connectivity index (χ4n) is 1.86. The molecule has 0 aromatic heterocycles. The van der Waals surface area contributed by atoms with Crippen LogP contribution in [0.4, 0.5) is 0 Å². The van der Waals surface area contributed by atoms with Crippen molar-refractivity contribution >= 4 is 23.9 Å². The predicted octanol–water partition coefficient (Wildman–Crippen LogP) is 1.66. The molecule has 0 atom stereocenters. The van der Waals surface area contributed by atoms with Crippen LogP contribution in [-0.4, -0.2) is 40.7 Å². The topological polar surface area (TPSA) is 127 Å². The Morgan fingerprint density at radius 1 is 1.17 bits per heavy atom. The first-order chi connectivity index (χ1) is 10.7. The number of rotatable bonds is 6. The van der Waals surface area contributed by atoms with E-state index in [0.29, 0.717) is 0 Å². The number of carbonyl (C=O) groups is 4. The first-order valence-corrected chi connectivity index (χ1v) is 6.40. The molecule has 0 saturated carbocycles. The Morgan fingerprint density at radius 3 is 2.22 bits per heavy atom. The molecule has 1 aromatic rings. The number of ether oxygens (including phenoxy) is 2. The van der Waals surface area contributed by atoms with E-state index in [-0.39, 0.29) is 17.9 Å². The van der Waals surface area contributed by atoms with Crippen molar-refractivity contribution < 1.29 is 38.9 Å². The van der Waals surface area contributed by atoms with Crippen molar-refractivity contribution in [2.45, 2.75) is 13.8 Å². The summed E-state index contributed by atoms with van der Waals surface area (Å²) in [6, 6.07) is 0.866. The monoisotopic (exact) mass is 322 g/mol. The lowest BCUT2D eigenvalue weighted by Crippen LogP contribution is -2.19. The molecular weight excluding hydrogens is 308 g/mol. The molecule has 0 amide bonds. The van der Waals surface area contributed by atoms with Gasteiger partial charge in [-0.1, -0.05) is 6.58 Å². The number of aromatic carboxylic acids is 2. The first-order valence-electron chi connectivity index (χ1n) is 6.40. The number of esters is 2. The van der Waals surface area contributed by atoms with Crippen LogP contribution in [0.15, 0.2) is 18.7 Å². The summed E-state index contributed by atoms with van der Waals surface area (Å²) in [5.74, 6) is -5.39. The van der Waals surface area contributed by atoms with E-state index in [1.54, 1.807) is 0 Å². The quantitative estimate of drug-likeness (QED) is 0.460. The molecule has 0 radical (unpaired) electrons. The highest BCUT2D eigenvalue weighted by Gasteiger charge is 2.30. The van der Waals surface area contributed by atoms with Crippen molar-refractivity contribution in [3.05, 3.63) is 41.0 Å². The summed E-state index contributed by atoms with van der Waals surface area (Å²) in [4.78, 5) is 46.1. The van der Waals surface area contributed by atoms with Gasteiger partial charge >= 0.3 is 23.9 Å². The minimum absolute atomic E-state index is 0.0268. The zero-order valence-electron chi connectivity index (χ0n) is 12.4. The Bertz CT molecular complexity index is 702. The number of carboxylic acid groups (broad SMARTS) is 2. The Morgan fingerprint density at radius 2 is 1.78 bits per heavy atom. The lowest BCUT2D eigenvalue weighted by molar-refractivity contribution is -0.129. The first kappa shape index (κ1) is 17.9. The molecule has 122 valence electrons. The van der Waals surface area contributed by atoms with Gasteiger partial charge in [0.25, 0.3) is 0 Å². The molecule has 0 unspecified atom stereocenters. The average Bonchev–Trinajstić information content (AvgIpc) is 2.47. The van der Waals surface area contributed by atoms with Crippen LogP contribution in [0.1, 0.15) is 43.6 Å². The van der Waals surface area contributed by atoms with Gasteiger partial charge in [-0.2, -0.15) is 0 Å². The van der Waals surface area contributed by atoms with Crippen molar-refractivity contribution in [3.63, 3.8) is 0 Å². The van der Waals surface area contributed by atoms with Gasteiger partial charge < -0.3 is 19.7 Å². The smallest absolute Gasteiger partial charge is 0.339 e. The van der Waals surface area contributed by atoms with E-state index in [0.717, 1.165) is 12.1 Å². The maximum atomic E-state index is 12.0. The average molecular weight is 322 g/mol. The van der Waals surface area contributed by atoms with Crippen molar-refractivity contribution in [2.75, 3.05) is 6.61 Å². The van der Waals surface area contributed by atoms with Crippen molar-refractivity contribution in [1.82, 2.24) is 0 Å². The zero-order chi connectivity index (χ0) is 17.7. The molecule has 8 heteroatoms.